The lowest BCUT2D eigenvalue weighted by Gasteiger charge is -2.18. The lowest BCUT2D eigenvalue weighted by molar-refractivity contribution is 0.210. The fourth-order valence-electron chi connectivity index (χ4n) is 1.76. The number of aromatic nitrogens is 3. The molecule has 1 N–H and O–H groups in total. The lowest BCUT2D eigenvalue weighted by Crippen LogP contribution is -2.19. The number of hydrogen-bond donors (Lipinski definition) is 1. The van der Waals surface area contributed by atoms with Gasteiger partial charge in [0.05, 0.1) is 12.8 Å². The minimum absolute atomic E-state index is 0.513. The number of nitrogens with zero attached hydrogens (tertiary/aromatic N) is 4. The average Bonchev–Trinajstić information content (AvgIpc) is 2.49. The number of methoxy groups -OCH3 is 1. The van der Waals surface area contributed by atoms with Crippen molar-refractivity contribution < 1.29 is 4.74 Å². The average molecular weight is 273 g/mol. The SMILES string of the molecule is COCCNc1nncc(N(C)Cc2ccccc2)n1. The van der Waals surface area contributed by atoms with Crippen LogP contribution in [-0.2, 0) is 11.3 Å². The molecule has 6 heteroatoms. The van der Waals surface area contributed by atoms with Crippen molar-refractivity contribution in [3.05, 3.63) is 42.1 Å². The van der Waals surface area contributed by atoms with E-state index in [1.54, 1.807) is 13.3 Å². The third-order valence-electron chi connectivity index (χ3n) is 2.79. The lowest BCUT2D eigenvalue weighted by atomic mass is 10.2. The first-order valence-electron chi connectivity index (χ1n) is 6.47. The second-order valence-corrected chi connectivity index (χ2v) is 4.40. The highest BCUT2D eigenvalue weighted by Crippen LogP contribution is 2.12. The summed E-state index contributed by atoms with van der Waals surface area (Å²) in [7, 11) is 3.64. The molecule has 0 aliphatic rings. The summed E-state index contributed by atoms with van der Waals surface area (Å²) in [6.45, 7) is 2.04. The first-order chi connectivity index (χ1) is 9.79. The Morgan fingerprint density at radius 1 is 1.25 bits per heavy atom. The van der Waals surface area contributed by atoms with Gasteiger partial charge in [0.15, 0.2) is 5.82 Å². The first-order valence-corrected chi connectivity index (χ1v) is 6.47. The van der Waals surface area contributed by atoms with Gasteiger partial charge in [0, 0.05) is 27.2 Å². The molecule has 0 radical (unpaired) electrons. The maximum absolute atomic E-state index is 4.97. The van der Waals surface area contributed by atoms with Gasteiger partial charge in [-0.3, -0.25) is 0 Å². The molecule has 0 fully saturated rings. The van der Waals surface area contributed by atoms with Crippen molar-refractivity contribution in [2.45, 2.75) is 6.54 Å². The Morgan fingerprint density at radius 2 is 2.05 bits per heavy atom. The molecule has 0 unspecified atom stereocenters. The van der Waals surface area contributed by atoms with Gasteiger partial charge >= 0.3 is 0 Å². The van der Waals surface area contributed by atoms with Crippen LogP contribution in [0.15, 0.2) is 36.5 Å². The van der Waals surface area contributed by atoms with Crippen LogP contribution in [0.3, 0.4) is 0 Å². The van der Waals surface area contributed by atoms with Crippen LogP contribution >= 0.6 is 0 Å². The van der Waals surface area contributed by atoms with E-state index in [0.717, 1.165) is 12.4 Å². The third kappa shape index (κ3) is 4.17. The molecule has 0 saturated carbocycles. The number of rotatable bonds is 7. The molecule has 2 rings (SSSR count). The zero-order valence-electron chi connectivity index (χ0n) is 11.8. The summed E-state index contributed by atoms with van der Waals surface area (Å²) in [5.41, 5.74) is 1.22. The van der Waals surface area contributed by atoms with E-state index in [9.17, 15) is 0 Å². The summed E-state index contributed by atoms with van der Waals surface area (Å²) in [6, 6.07) is 10.2. The van der Waals surface area contributed by atoms with Gasteiger partial charge in [0.25, 0.3) is 0 Å². The van der Waals surface area contributed by atoms with E-state index in [1.807, 2.05) is 30.1 Å². The predicted octanol–water partition coefficient (Wildman–Crippen LogP) is 1.57. The number of anilines is 2. The second-order valence-electron chi connectivity index (χ2n) is 4.40. The Kier molecular flexibility index (Phi) is 5.25. The van der Waals surface area contributed by atoms with E-state index in [1.165, 1.54) is 5.56 Å². The molecule has 1 aromatic heterocycles. The minimum atomic E-state index is 0.513. The summed E-state index contributed by atoms with van der Waals surface area (Å²) in [5.74, 6) is 1.29. The fraction of sp³-hybridized carbons (Fsp3) is 0.357. The summed E-state index contributed by atoms with van der Waals surface area (Å²) in [4.78, 5) is 6.46. The second kappa shape index (κ2) is 7.40. The van der Waals surface area contributed by atoms with E-state index in [2.05, 4.69) is 32.6 Å². The monoisotopic (exact) mass is 273 g/mol. The van der Waals surface area contributed by atoms with Crippen molar-refractivity contribution in [3.8, 4) is 0 Å². The highest BCUT2D eigenvalue weighted by atomic mass is 16.5. The van der Waals surface area contributed by atoms with Crippen LogP contribution in [-0.4, -0.2) is 42.5 Å². The van der Waals surface area contributed by atoms with Crippen molar-refractivity contribution in [3.63, 3.8) is 0 Å². The molecule has 1 aromatic carbocycles. The molecular weight excluding hydrogens is 254 g/mol. The van der Waals surface area contributed by atoms with E-state index in [-0.39, 0.29) is 0 Å². The predicted molar refractivity (Wildman–Crippen MR) is 78.7 cm³/mol. The number of hydrogen-bond acceptors (Lipinski definition) is 6. The minimum Gasteiger partial charge on any atom is -0.383 e. The Balaban J connectivity index is 1.99. The zero-order valence-corrected chi connectivity index (χ0v) is 11.8. The van der Waals surface area contributed by atoms with Crippen LogP contribution < -0.4 is 10.2 Å². The van der Waals surface area contributed by atoms with E-state index in [4.69, 9.17) is 4.74 Å². The molecule has 0 aliphatic carbocycles. The maximum atomic E-state index is 4.97. The molecule has 0 bridgehead atoms. The Morgan fingerprint density at radius 3 is 2.80 bits per heavy atom. The van der Waals surface area contributed by atoms with E-state index < -0.39 is 0 Å². The van der Waals surface area contributed by atoms with Gasteiger partial charge < -0.3 is 15.0 Å². The van der Waals surface area contributed by atoms with E-state index in [0.29, 0.717) is 19.1 Å². The number of benzene rings is 1. The molecule has 106 valence electrons. The van der Waals surface area contributed by atoms with Crippen LogP contribution in [0.2, 0.25) is 0 Å². The molecule has 0 saturated heterocycles. The van der Waals surface area contributed by atoms with Gasteiger partial charge in [-0.2, -0.15) is 10.1 Å². The molecular formula is C14H19N5O. The Bertz CT molecular complexity index is 520. The smallest absolute Gasteiger partial charge is 0.244 e. The van der Waals surface area contributed by atoms with Crippen molar-refractivity contribution in [2.75, 3.05) is 37.5 Å². The van der Waals surface area contributed by atoms with Gasteiger partial charge in [-0.1, -0.05) is 30.3 Å². The molecule has 0 atom stereocenters. The van der Waals surface area contributed by atoms with Crippen molar-refractivity contribution >= 4 is 11.8 Å². The molecule has 0 aliphatic heterocycles. The topological polar surface area (TPSA) is 63.2 Å². The fourth-order valence-corrected chi connectivity index (χ4v) is 1.76. The van der Waals surface area contributed by atoms with Crippen molar-refractivity contribution in [1.82, 2.24) is 15.2 Å². The van der Waals surface area contributed by atoms with Gasteiger partial charge in [-0.25, -0.2) is 0 Å². The van der Waals surface area contributed by atoms with Gasteiger partial charge in [-0.05, 0) is 5.56 Å². The Labute approximate surface area is 118 Å². The van der Waals surface area contributed by atoms with Gasteiger partial charge in [0.2, 0.25) is 5.95 Å². The van der Waals surface area contributed by atoms with Gasteiger partial charge in [0.1, 0.15) is 0 Å². The number of nitrogens with one attached hydrogen (secondary N) is 1. The Hall–Kier alpha value is -2.21. The highest BCUT2D eigenvalue weighted by Gasteiger charge is 2.06. The molecule has 2 aromatic rings. The maximum Gasteiger partial charge on any atom is 0.244 e. The highest BCUT2D eigenvalue weighted by molar-refractivity contribution is 5.40. The van der Waals surface area contributed by atoms with Crippen LogP contribution in [0, 0.1) is 0 Å². The van der Waals surface area contributed by atoms with Crippen molar-refractivity contribution in [1.29, 1.82) is 0 Å². The van der Waals surface area contributed by atoms with Crippen LogP contribution in [0.1, 0.15) is 5.56 Å². The summed E-state index contributed by atoms with van der Waals surface area (Å²) < 4.78 is 4.97. The largest absolute Gasteiger partial charge is 0.383 e. The summed E-state index contributed by atoms with van der Waals surface area (Å²) in [5, 5.41) is 11.0. The van der Waals surface area contributed by atoms with Crippen molar-refractivity contribution in [2.24, 2.45) is 0 Å². The van der Waals surface area contributed by atoms with E-state index >= 15 is 0 Å². The van der Waals surface area contributed by atoms with Crippen LogP contribution in [0.5, 0.6) is 0 Å². The zero-order chi connectivity index (χ0) is 14.2. The molecule has 0 amide bonds. The van der Waals surface area contributed by atoms with Gasteiger partial charge in [-0.15, -0.1) is 5.10 Å². The summed E-state index contributed by atoms with van der Waals surface area (Å²) in [6.07, 6.45) is 1.66. The first kappa shape index (κ1) is 14.2. The molecule has 1 heterocycles. The number of ether oxygens (including phenoxy) is 1. The quantitative estimate of drug-likeness (QED) is 0.773. The van der Waals surface area contributed by atoms with Crippen LogP contribution in [0.25, 0.3) is 0 Å². The van der Waals surface area contributed by atoms with Crippen LogP contribution in [0.4, 0.5) is 11.8 Å². The third-order valence-corrected chi connectivity index (χ3v) is 2.79. The standard InChI is InChI=1S/C14H19N5O/c1-19(11-12-6-4-3-5-7-12)13-10-16-18-14(17-13)15-8-9-20-2/h3-7,10H,8-9,11H2,1-2H3,(H,15,17,18). The normalized spacial score (nSPS) is 10.3. The molecule has 0 spiro atoms. The molecule has 6 nitrogen and oxygen atoms in total. The summed E-state index contributed by atoms with van der Waals surface area (Å²) >= 11 is 0. The molecule has 20 heavy (non-hydrogen) atoms.